The number of para-hydroxylation sites is 1. The highest BCUT2D eigenvalue weighted by atomic mass is 79.9. The van der Waals surface area contributed by atoms with E-state index in [1.54, 1.807) is 11.6 Å². The first-order chi connectivity index (χ1) is 10.1. The maximum atomic E-state index is 10.8. The summed E-state index contributed by atoms with van der Waals surface area (Å²) in [5.74, 6) is -0.997. The summed E-state index contributed by atoms with van der Waals surface area (Å²) in [6.07, 6.45) is 1.75. The van der Waals surface area contributed by atoms with Crippen LogP contribution >= 0.6 is 27.3 Å². The highest BCUT2D eigenvalue weighted by Gasteiger charge is 2.09. The number of rotatable bonds is 4. The maximum absolute atomic E-state index is 10.8. The van der Waals surface area contributed by atoms with Crippen molar-refractivity contribution in [3.8, 4) is 0 Å². The molecule has 21 heavy (non-hydrogen) atoms. The van der Waals surface area contributed by atoms with E-state index < -0.39 is 5.97 Å². The topological polar surface area (TPSA) is 75.1 Å². The number of carboxylic acid groups (broad SMARTS) is 1. The Morgan fingerprint density at radius 1 is 1.43 bits per heavy atom. The smallest absolute Gasteiger partial charge is 0.365 e. The lowest BCUT2D eigenvalue weighted by Crippen LogP contribution is -2.02. The normalized spacial score (nSPS) is 10.7. The van der Waals surface area contributed by atoms with Gasteiger partial charge in [-0.1, -0.05) is 12.1 Å². The molecule has 0 bridgehead atoms. The van der Waals surface area contributed by atoms with Crippen LogP contribution in [0.1, 0.15) is 15.5 Å². The number of fused-ring (bicyclic) bond motifs is 1. The van der Waals surface area contributed by atoms with Crippen LogP contribution in [0.4, 0.5) is 5.69 Å². The molecule has 0 radical (unpaired) electrons. The summed E-state index contributed by atoms with van der Waals surface area (Å²) in [7, 11) is 0. The summed E-state index contributed by atoms with van der Waals surface area (Å²) in [5, 5.41) is 15.0. The van der Waals surface area contributed by atoms with Gasteiger partial charge in [0.05, 0.1) is 23.4 Å². The average Bonchev–Trinajstić information content (AvgIpc) is 2.93. The summed E-state index contributed by atoms with van der Waals surface area (Å²) in [5.41, 5.74) is 2.46. The van der Waals surface area contributed by atoms with Crippen LogP contribution in [0.25, 0.3) is 10.9 Å². The SMILES string of the molecule is O=C(O)c1nc(CNc2cccc3cc(Br)cnc23)cs1. The van der Waals surface area contributed by atoms with Crippen LogP contribution < -0.4 is 5.32 Å². The molecule has 2 aromatic heterocycles. The van der Waals surface area contributed by atoms with Gasteiger partial charge in [0.1, 0.15) is 0 Å². The third kappa shape index (κ3) is 3.03. The number of hydrogen-bond donors (Lipinski definition) is 2. The number of anilines is 1. The van der Waals surface area contributed by atoms with E-state index in [0.29, 0.717) is 12.2 Å². The third-order valence-electron chi connectivity index (χ3n) is 2.87. The molecule has 0 unspecified atom stereocenters. The van der Waals surface area contributed by atoms with Crippen LogP contribution in [0, 0.1) is 0 Å². The van der Waals surface area contributed by atoms with Gasteiger partial charge in [-0.15, -0.1) is 11.3 Å². The van der Waals surface area contributed by atoms with Crippen molar-refractivity contribution < 1.29 is 9.90 Å². The number of aromatic nitrogens is 2. The second kappa shape index (κ2) is 5.79. The zero-order valence-corrected chi connectivity index (χ0v) is 13.1. The Balaban J connectivity index is 1.83. The number of aromatic carboxylic acids is 1. The van der Waals surface area contributed by atoms with Crippen molar-refractivity contribution >= 4 is 49.8 Å². The van der Waals surface area contributed by atoms with Crippen LogP contribution in [0.15, 0.2) is 40.3 Å². The molecule has 0 saturated heterocycles. The summed E-state index contributed by atoms with van der Waals surface area (Å²) >= 11 is 4.53. The molecule has 0 atom stereocenters. The molecular formula is C14H10BrN3O2S. The van der Waals surface area contributed by atoms with Crippen molar-refractivity contribution in [2.45, 2.75) is 6.54 Å². The minimum absolute atomic E-state index is 0.103. The molecule has 0 spiro atoms. The van der Waals surface area contributed by atoms with Gasteiger partial charge in [0.25, 0.3) is 0 Å². The number of carbonyl (C=O) groups is 1. The number of carboxylic acids is 1. The van der Waals surface area contributed by atoms with E-state index in [4.69, 9.17) is 5.11 Å². The molecule has 106 valence electrons. The molecule has 0 amide bonds. The molecule has 3 aromatic rings. The van der Waals surface area contributed by atoms with Gasteiger partial charge in [-0.05, 0) is 28.1 Å². The Hall–Kier alpha value is -1.99. The fourth-order valence-electron chi connectivity index (χ4n) is 1.95. The lowest BCUT2D eigenvalue weighted by molar-refractivity contribution is 0.0696. The van der Waals surface area contributed by atoms with Gasteiger partial charge in [-0.3, -0.25) is 4.98 Å². The second-order valence-corrected chi connectivity index (χ2v) is 6.11. The molecule has 0 aliphatic rings. The molecule has 0 aliphatic heterocycles. The van der Waals surface area contributed by atoms with Crippen LogP contribution in [0.5, 0.6) is 0 Å². The van der Waals surface area contributed by atoms with Gasteiger partial charge in [0.2, 0.25) is 5.01 Å². The molecule has 0 saturated carbocycles. The Labute approximate surface area is 132 Å². The fourth-order valence-corrected chi connectivity index (χ4v) is 2.95. The van der Waals surface area contributed by atoms with Crippen molar-refractivity contribution in [1.82, 2.24) is 9.97 Å². The maximum Gasteiger partial charge on any atom is 0.365 e. The number of pyridine rings is 1. The number of halogens is 1. The first-order valence-corrected chi connectivity index (χ1v) is 7.76. The molecule has 0 aliphatic carbocycles. The molecule has 1 aromatic carbocycles. The monoisotopic (exact) mass is 363 g/mol. The van der Waals surface area contributed by atoms with Crippen LogP contribution in [-0.2, 0) is 6.54 Å². The van der Waals surface area contributed by atoms with Gasteiger partial charge in [-0.25, -0.2) is 9.78 Å². The molecule has 0 fully saturated rings. The zero-order valence-electron chi connectivity index (χ0n) is 10.7. The van der Waals surface area contributed by atoms with Gasteiger partial charge >= 0.3 is 5.97 Å². The Bertz CT molecular complexity index is 819. The van der Waals surface area contributed by atoms with Crippen molar-refractivity contribution in [3.05, 3.63) is 51.0 Å². The highest BCUT2D eigenvalue weighted by molar-refractivity contribution is 9.10. The van der Waals surface area contributed by atoms with Gasteiger partial charge in [0, 0.05) is 21.4 Å². The van der Waals surface area contributed by atoms with E-state index in [-0.39, 0.29) is 5.01 Å². The number of thiazole rings is 1. The van der Waals surface area contributed by atoms with E-state index in [9.17, 15) is 4.79 Å². The number of nitrogens with zero attached hydrogens (tertiary/aromatic N) is 2. The third-order valence-corrected chi connectivity index (χ3v) is 4.19. The van der Waals surface area contributed by atoms with Gasteiger partial charge in [-0.2, -0.15) is 0 Å². The van der Waals surface area contributed by atoms with Crippen molar-refractivity contribution in [2.75, 3.05) is 5.32 Å². The quantitative estimate of drug-likeness (QED) is 0.737. The van der Waals surface area contributed by atoms with E-state index in [1.807, 2.05) is 24.3 Å². The van der Waals surface area contributed by atoms with Gasteiger partial charge < -0.3 is 10.4 Å². The first kappa shape index (κ1) is 14.0. The Morgan fingerprint density at radius 3 is 3.05 bits per heavy atom. The van der Waals surface area contributed by atoms with E-state index in [0.717, 1.165) is 32.4 Å². The van der Waals surface area contributed by atoms with Crippen molar-refractivity contribution in [3.63, 3.8) is 0 Å². The predicted octanol–water partition coefficient (Wildman–Crippen LogP) is 3.76. The average molecular weight is 364 g/mol. The second-order valence-electron chi connectivity index (χ2n) is 4.33. The number of nitrogens with one attached hydrogen (secondary N) is 1. The largest absolute Gasteiger partial charge is 0.476 e. The summed E-state index contributed by atoms with van der Waals surface area (Å²) < 4.78 is 0.928. The minimum atomic E-state index is -0.997. The molecule has 3 rings (SSSR count). The number of hydrogen-bond acceptors (Lipinski definition) is 5. The summed E-state index contributed by atoms with van der Waals surface area (Å²) in [4.78, 5) is 19.3. The first-order valence-electron chi connectivity index (χ1n) is 6.09. The lowest BCUT2D eigenvalue weighted by atomic mass is 10.2. The van der Waals surface area contributed by atoms with Gasteiger partial charge in [0.15, 0.2) is 0 Å². The van der Waals surface area contributed by atoms with Crippen molar-refractivity contribution in [2.24, 2.45) is 0 Å². The highest BCUT2D eigenvalue weighted by Crippen LogP contribution is 2.24. The molecule has 5 nitrogen and oxygen atoms in total. The van der Waals surface area contributed by atoms with E-state index in [2.05, 4.69) is 31.2 Å². The summed E-state index contributed by atoms with van der Waals surface area (Å²) in [6, 6.07) is 7.87. The lowest BCUT2D eigenvalue weighted by Gasteiger charge is -2.08. The molecule has 2 heterocycles. The zero-order chi connectivity index (χ0) is 14.8. The molecule has 2 N–H and O–H groups in total. The fraction of sp³-hybridized carbons (Fsp3) is 0.0714. The standard InChI is InChI=1S/C14H10BrN3O2S/c15-9-4-8-2-1-3-11(12(8)17-5-9)16-6-10-7-21-13(18-10)14(19)20/h1-5,7,16H,6H2,(H,19,20). The van der Waals surface area contributed by atoms with Crippen molar-refractivity contribution in [1.29, 1.82) is 0 Å². The van der Waals surface area contributed by atoms with Crippen LogP contribution in [-0.4, -0.2) is 21.0 Å². The number of benzene rings is 1. The predicted molar refractivity (Wildman–Crippen MR) is 85.8 cm³/mol. The Morgan fingerprint density at radius 2 is 2.29 bits per heavy atom. The van der Waals surface area contributed by atoms with Crippen LogP contribution in [0.2, 0.25) is 0 Å². The molecule has 7 heteroatoms. The van der Waals surface area contributed by atoms with Crippen LogP contribution in [0.3, 0.4) is 0 Å². The summed E-state index contributed by atoms with van der Waals surface area (Å²) in [6.45, 7) is 0.459. The minimum Gasteiger partial charge on any atom is -0.476 e. The Kier molecular flexibility index (Phi) is 3.85. The van der Waals surface area contributed by atoms with E-state index >= 15 is 0 Å². The molecular weight excluding hydrogens is 354 g/mol. The van der Waals surface area contributed by atoms with E-state index in [1.165, 1.54) is 0 Å².